The van der Waals surface area contributed by atoms with Crippen molar-refractivity contribution < 1.29 is 9.53 Å². The summed E-state index contributed by atoms with van der Waals surface area (Å²) in [6.07, 6.45) is 1.64. The lowest BCUT2D eigenvalue weighted by Crippen LogP contribution is -2.41. The van der Waals surface area contributed by atoms with E-state index in [0.717, 1.165) is 10.2 Å². The number of ether oxygens (including phenoxy) is 1. The van der Waals surface area contributed by atoms with E-state index in [0.29, 0.717) is 19.7 Å². The number of carbonyl (C=O) groups is 1. The van der Waals surface area contributed by atoms with Gasteiger partial charge in [-0.1, -0.05) is 0 Å². The molecule has 1 saturated heterocycles. The normalized spacial score (nSPS) is 20.9. The van der Waals surface area contributed by atoms with E-state index in [-0.39, 0.29) is 12.0 Å². The molecule has 1 fully saturated rings. The molecule has 0 N–H and O–H groups in total. The minimum Gasteiger partial charge on any atom is -0.368 e. The highest BCUT2D eigenvalue weighted by molar-refractivity contribution is 9.10. The molecule has 0 radical (unpaired) electrons. The smallest absolute Gasteiger partial charge is 0.219 e. The lowest BCUT2D eigenvalue weighted by Gasteiger charge is -2.31. The van der Waals surface area contributed by atoms with E-state index < -0.39 is 0 Å². The molecular weight excluding hydrogens is 272 g/mol. The first-order valence-corrected chi connectivity index (χ1v) is 5.94. The average molecular weight is 285 g/mol. The Balaban J connectivity index is 2.09. The van der Waals surface area contributed by atoms with Crippen LogP contribution in [0, 0.1) is 0 Å². The van der Waals surface area contributed by atoms with Gasteiger partial charge in [0.2, 0.25) is 5.91 Å². The maximum absolute atomic E-state index is 11.3. The van der Waals surface area contributed by atoms with Crippen LogP contribution in [0.25, 0.3) is 0 Å². The first-order valence-electron chi connectivity index (χ1n) is 5.15. The molecule has 2 heterocycles. The van der Waals surface area contributed by atoms with Crippen LogP contribution < -0.4 is 0 Å². The highest BCUT2D eigenvalue weighted by Gasteiger charge is 2.24. The minimum atomic E-state index is -0.106. The summed E-state index contributed by atoms with van der Waals surface area (Å²) in [7, 11) is 0. The van der Waals surface area contributed by atoms with Gasteiger partial charge in [0.25, 0.3) is 0 Å². The Labute approximate surface area is 103 Å². The van der Waals surface area contributed by atoms with E-state index >= 15 is 0 Å². The number of hydrogen-bond donors (Lipinski definition) is 0. The molecule has 1 aliphatic rings. The van der Waals surface area contributed by atoms with Gasteiger partial charge in [0.1, 0.15) is 6.10 Å². The van der Waals surface area contributed by atoms with Crippen molar-refractivity contribution in [3.8, 4) is 0 Å². The van der Waals surface area contributed by atoms with Crippen molar-refractivity contribution in [3.05, 3.63) is 28.5 Å². The van der Waals surface area contributed by atoms with Gasteiger partial charge < -0.3 is 9.64 Å². The third-order valence-electron chi connectivity index (χ3n) is 2.59. The van der Waals surface area contributed by atoms with Crippen LogP contribution in [-0.2, 0) is 9.53 Å². The van der Waals surface area contributed by atoms with Crippen molar-refractivity contribution in [3.63, 3.8) is 0 Å². The van der Waals surface area contributed by atoms with Gasteiger partial charge in [-0.2, -0.15) is 0 Å². The van der Waals surface area contributed by atoms with Crippen LogP contribution in [-0.4, -0.2) is 35.5 Å². The number of nitrogens with zero attached hydrogens (tertiary/aromatic N) is 2. The molecule has 5 heteroatoms. The number of carbonyl (C=O) groups excluding carboxylic acids is 1. The van der Waals surface area contributed by atoms with Crippen molar-refractivity contribution in [1.29, 1.82) is 0 Å². The molecule has 2 rings (SSSR count). The fraction of sp³-hybridized carbons (Fsp3) is 0.455. The van der Waals surface area contributed by atoms with Crippen LogP contribution >= 0.6 is 15.9 Å². The molecule has 0 unspecified atom stereocenters. The van der Waals surface area contributed by atoms with Crippen molar-refractivity contribution in [2.45, 2.75) is 13.0 Å². The zero-order chi connectivity index (χ0) is 11.5. The van der Waals surface area contributed by atoms with Crippen molar-refractivity contribution in [2.24, 2.45) is 0 Å². The van der Waals surface area contributed by atoms with Crippen LogP contribution in [0.5, 0.6) is 0 Å². The van der Waals surface area contributed by atoms with E-state index in [4.69, 9.17) is 4.74 Å². The molecule has 1 amide bonds. The second-order valence-electron chi connectivity index (χ2n) is 3.73. The van der Waals surface area contributed by atoms with E-state index in [1.807, 2.05) is 12.1 Å². The van der Waals surface area contributed by atoms with E-state index in [9.17, 15) is 4.79 Å². The minimum absolute atomic E-state index is 0.0883. The largest absolute Gasteiger partial charge is 0.368 e. The molecule has 16 heavy (non-hydrogen) atoms. The zero-order valence-electron chi connectivity index (χ0n) is 9.02. The van der Waals surface area contributed by atoms with Crippen LogP contribution in [0.2, 0.25) is 0 Å². The molecule has 0 saturated carbocycles. The SMILES string of the molecule is CC(=O)N1CCO[C@H](c2ccc(Br)cn2)C1. The third-order valence-corrected chi connectivity index (χ3v) is 3.06. The summed E-state index contributed by atoms with van der Waals surface area (Å²) in [4.78, 5) is 17.3. The Morgan fingerprint density at radius 2 is 2.44 bits per heavy atom. The Kier molecular flexibility index (Phi) is 3.56. The summed E-state index contributed by atoms with van der Waals surface area (Å²) < 4.78 is 6.55. The monoisotopic (exact) mass is 284 g/mol. The van der Waals surface area contributed by atoms with Crippen LogP contribution in [0.1, 0.15) is 18.7 Å². The summed E-state index contributed by atoms with van der Waals surface area (Å²) in [5, 5.41) is 0. The second-order valence-corrected chi connectivity index (χ2v) is 4.64. The topological polar surface area (TPSA) is 42.4 Å². The number of morpholine rings is 1. The quantitative estimate of drug-likeness (QED) is 0.789. The van der Waals surface area contributed by atoms with Gasteiger partial charge >= 0.3 is 0 Å². The number of pyridine rings is 1. The Morgan fingerprint density at radius 1 is 1.62 bits per heavy atom. The predicted octanol–water partition coefficient (Wildman–Crippen LogP) is 1.76. The van der Waals surface area contributed by atoms with Gasteiger partial charge in [-0.05, 0) is 28.1 Å². The Bertz CT molecular complexity index is 380. The summed E-state index contributed by atoms with van der Waals surface area (Å²) in [6.45, 7) is 3.41. The summed E-state index contributed by atoms with van der Waals surface area (Å²) in [5.41, 5.74) is 0.870. The standard InChI is InChI=1S/C11H13BrN2O2/c1-8(15)14-4-5-16-11(7-14)10-3-2-9(12)6-13-10/h2-3,6,11H,4-5,7H2,1H3/t11-/m0/s1. The Morgan fingerprint density at radius 3 is 3.06 bits per heavy atom. The third kappa shape index (κ3) is 2.59. The molecule has 0 aliphatic carbocycles. The molecule has 1 aromatic rings. The Hall–Kier alpha value is -0.940. The lowest BCUT2D eigenvalue weighted by molar-refractivity contribution is -0.136. The molecule has 1 atom stereocenters. The fourth-order valence-electron chi connectivity index (χ4n) is 1.69. The second kappa shape index (κ2) is 4.93. The fourth-order valence-corrected chi connectivity index (χ4v) is 1.93. The van der Waals surface area contributed by atoms with Crippen molar-refractivity contribution in [2.75, 3.05) is 19.7 Å². The van der Waals surface area contributed by atoms with Gasteiger partial charge in [0, 0.05) is 24.1 Å². The van der Waals surface area contributed by atoms with Crippen molar-refractivity contribution in [1.82, 2.24) is 9.88 Å². The van der Waals surface area contributed by atoms with Gasteiger partial charge in [-0.25, -0.2) is 0 Å². The van der Waals surface area contributed by atoms with Crippen molar-refractivity contribution >= 4 is 21.8 Å². The summed E-state index contributed by atoms with van der Waals surface area (Å²) in [6, 6.07) is 3.84. The van der Waals surface area contributed by atoms with Gasteiger partial charge in [0.05, 0.1) is 18.8 Å². The molecule has 0 spiro atoms. The number of aromatic nitrogens is 1. The summed E-state index contributed by atoms with van der Waals surface area (Å²) in [5.74, 6) is 0.0883. The van der Waals surface area contributed by atoms with E-state index in [1.165, 1.54) is 0 Å². The number of amides is 1. The number of halogens is 1. The van der Waals surface area contributed by atoms with Crippen LogP contribution in [0.3, 0.4) is 0 Å². The van der Waals surface area contributed by atoms with Gasteiger partial charge in [-0.3, -0.25) is 9.78 Å². The van der Waals surface area contributed by atoms with E-state index in [2.05, 4.69) is 20.9 Å². The first-order chi connectivity index (χ1) is 7.66. The average Bonchev–Trinajstić information content (AvgIpc) is 2.30. The van der Waals surface area contributed by atoms with Gasteiger partial charge in [0.15, 0.2) is 0 Å². The highest BCUT2D eigenvalue weighted by Crippen LogP contribution is 2.21. The molecular formula is C11H13BrN2O2. The molecule has 0 bridgehead atoms. The molecule has 4 nitrogen and oxygen atoms in total. The van der Waals surface area contributed by atoms with Gasteiger partial charge in [-0.15, -0.1) is 0 Å². The van der Waals surface area contributed by atoms with E-state index in [1.54, 1.807) is 18.0 Å². The molecule has 1 aromatic heterocycles. The maximum atomic E-state index is 11.3. The molecule has 86 valence electrons. The number of hydrogen-bond acceptors (Lipinski definition) is 3. The predicted molar refractivity (Wildman–Crippen MR) is 62.9 cm³/mol. The number of rotatable bonds is 1. The first kappa shape index (κ1) is 11.5. The lowest BCUT2D eigenvalue weighted by atomic mass is 10.2. The summed E-state index contributed by atoms with van der Waals surface area (Å²) >= 11 is 3.34. The van der Waals surface area contributed by atoms with Crippen LogP contribution in [0.4, 0.5) is 0 Å². The van der Waals surface area contributed by atoms with Crippen LogP contribution in [0.15, 0.2) is 22.8 Å². The zero-order valence-corrected chi connectivity index (χ0v) is 10.6. The molecule has 1 aliphatic heterocycles. The highest BCUT2D eigenvalue weighted by atomic mass is 79.9. The molecule has 0 aromatic carbocycles. The maximum Gasteiger partial charge on any atom is 0.219 e.